The summed E-state index contributed by atoms with van der Waals surface area (Å²) in [4.78, 5) is 22.8. The third kappa shape index (κ3) is 3.75. The lowest BCUT2D eigenvalue weighted by Gasteiger charge is -2.26. The number of carbonyl (C=O) groups is 1. The first kappa shape index (κ1) is 15.2. The smallest absolute Gasteiger partial charge is 0.258 e. The second-order valence-electron chi connectivity index (χ2n) is 5.05. The van der Waals surface area contributed by atoms with Gasteiger partial charge in [0, 0.05) is 31.2 Å². The fraction of sp³-hybridized carbons (Fsp3) is 0.312. The molecule has 0 radical (unpaired) electrons. The number of morpholine rings is 1. The highest BCUT2D eigenvalue weighted by Gasteiger charge is 2.14. The van der Waals surface area contributed by atoms with Gasteiger partial charge in [-0.15, -0.1) is 0 Å². The van der Waals surface area contributed by atoms with Crippen LogP contribution in [0.2, 0.25) is 0 Å². The van der Waals surface area contributed by atoms with E-state index in [1.54, 1.807) is 31.4 Å². The van der Waals surface area contributed by atoms with Gasteiger partial charge in [-0.1, -0.05) is 0 Å². The van der Waals surface area contributed by atoms with E-state index in [4.69, 9.17) is 9.47 Å². The zero-order chi connectivity index (χ0) is 16.1. The standard InChI is InChI=1S/C16H18N4O3/c1-22-14-4-2-13(3-5-14)19-15(21)12-10-17-16(18-11-12)20-6-8-23-9-7-20/h2-5,10-11H,6-9H2,1H3,(H,19,21). The number of nitrogens with zero attached hydrogens (tertiary/aromatic N) is 3. The minimum absolute atomic E-state index is 0.247. The van der Waals surface area contributed by atoms with Crippen LogP contribution < -0.4 is 15.0 Å². The van der Waals surface area contributed by atoms with Crippen molar-refractivity contribution in [2.24, 2.45) is 0 Å². The van der Waals surface area contributed by atoms with Crippen molar-refractivity contribution in [3.8, 4) is 5.75 Å². The molecule has 1 N–H and O–H groups in total. The average Bonchev–Trinajstić information content (AvgIpc) is 2.63. The first-order chi connectivity index (χ1) is 11.3. The fourth-order valence-corrected chi connectivity index (χ4v) is 2.24. The quantitative estimate of drug-likeness (QED) is 0.923. The highest BCUT2D eigenvalue weighted by Crippen LogP contribution is 2.16. The molecule has 0 unspecified atom stereocenters. The van der Waals surface area contributed by atoms with Gasteiger partial charge in [-0.05, 0) is 24.3 Å². The van der Waals surface area contributed by atoms with Crippen LogP contribution in [-0.4, -0.2) is 49.3 Å². The van der Waals surface area contributed by atoms with Gasteiger partial charge in [0.1, 0.15) is 5.75 Å². The summed E-state index contributed by atoms with van der Waals surface area (Å²) in [5.41, 5.74) is 1.10. The lowest BCUT2D eigenvalue weighted by atomic mass is 10.2. The number of ether oxygens (including phenoxy) is 2. The van der Waals surface area contributed by atoms with Crippen LogP contribution in [0.5, 0.6) is 5.75 Å². The Hall–Kier alpha value is -2.67. The van der Waals surface area contributed by atoms with Crippen molar-refractivity contribution in [2.75, 3.05) is 43.6 Å². The lowest BCUT2D eigenvalue weighted by molar-refractivity contribution is 0.102. The molecule has 120 valence electrons. The zero-order valence-corrected chi connectivity index (χ0v) is 12.9. The van der Waals surface area contributed by atoms with Gasteiger partial charge in [-0.2, -0.15) is 0 Å². The fourth-order valence-electron chi connectivity index (χ4n) is 2.24. The summed E-state index contributed by atoms with van der Waals surface area (Å²) in [5, 5.41) is 2.80. The molecule has 1 aromatic carbocycles. The number of carbonyl (C=O) groups excluding carboxylic acids is 1. The maximum atomic E-state index is 12.2. The summed E-state index contributed by atoms with van der Waals surface area (Å²) in [7, 11) is 1.60. The first-order valence-corrected chi connectivity index (χ1v) is 7.36. The maximum Gasteiger partial charge on any atom is 0.258 e. The topological polar surface area (TPSA) is 76.6 Å². The Morgan fingerprint density at radius 2 is 1.83 bits per heavy atom. The van der Waals surface area contributed by atoms with E-state index in [9.17, 15) is 4.79 Å². The molecule has 1 aliphatic rings. The normalized spacial score (nSPS) is 14.4. The average molecular weight is 314 g/mol. The minimum atomic E-state index is -0.247. The molecule has 2 heterocycles. The Balaban J connectivity index is 1.64. The lowest BCUT2D eigenvalue weighted by Crippen LogP contribution is -2.37. The van der Waals surface area contributed by atoms with Crippen LogP contribution in [0.1, 0.15) is 10.4 Å². The number of amides is 1. The minimum Gasteiger partial charge on any atom is -0.497 e. The van der Waals surface area contributed by atoms with Crippen LogP contribution in [0.4, 0.5) is 11.6 Å². The number of methoxy groups -OCH3 is 1. The number of anilines is 2. The van der Waals surface area contributed by atoms with Crippen molar-refractivity contribution in [3.05, 3.63) is 42.2 Å². The monoisotopic (exact) mass is 314 g/mol. The summed E-state index contributed by atoms with van der Waals surface area (Å²) in [6, 6.07) is 7.13. The Bertz CT molecular complexity index is 652. The zero-order valence-electron chi connectivity index (χ0n) is 12.9. The Morgan fingerprint density at radius 1 is 1.17 bits per heavy atom. The van der Waals surface area contributed by atoms with E-state index in [2.05, 4.69) is 15.3 Å². The van der Waals surface area contributed by atoms with Crippen molar-refractivity contribution in [3.63, 3.8) is 0 Å². The van der Waals surface area contributed by atoms with Crippen LogP contribution in [0.3, 0.4) is 0 Å². The van der Waals surface area contributed by atoms with Crippen molar-refractivity contribution in [1.82, 2.24) is 9.97 Å². The maximum absolute atomic E-state index is 12.2. The summed E-state index contributed by atoms with van der Waals surface area (Å²) in [6.07, 6.45) is 3.08. The van der Waals surface area contributed by atoms with E-state index in [0.29, 0.717) is 30.4 Å². The Labute approximate surface area is 134 Å². The van der Waals surface area contributed by atoms with Crippen LogP contribution in [0.15, 0.2) is 36.7 Å². The number of nitrogens with one attached hydrogen (secondary N) is 1. The molecule has 1 aromatic heterocycles. The first-order valence-electron chi connectivity index (χ1n) is 7.36. The van der Waals surface area contributed by atoms with Gasteiger partial charge in [0.25, 0.3) is 5.91 Å². The number of hydrogen-bond acceptors (Lipinski definition) is 6. The molecule has 0 atom stereocenters. The van der Waals surface area contributed by atoms with Gasteiger partial charge < -0.3 is 19.7 Å². The molecular formula is C16H18N4O3. The summed E-state index contributed by atoms with van der Waals surface area (Å²) < 4.78 is 10.4. The second-order valence-corrected chi connectivity index (χ2v) is 5.05. The molecule has 23 heavy (non-hydrogen) atoms. The third-order valence-electron chi connectivity index (χ3n) is 3.54. The third-order valence-corrected chi connectivity index (χ3v) is 3.54. The van der Waals surface area contributed by atoms with Crippen LogP contribution in [-0.2, 0) is 4.74 Å². The predicted molar refractivity (Wildman–Crippen MR) is 86.0 cm³/mol. The number of aromatic nitrogens is 2. The van der Waals surface area contributed by atoms with E-state index in [1.807, 2.05) is 4.90 Å². The molecule has 3 rings (SSSR count). The van der Waals surface area contributed by atoms with E-state index in [-0.39, 0.29) is 5.91 Å². The van der Waals surface area contributed by atoms with Gasteiger partial charge in [-0.3, -0.25) is 4.79 Å². The van der Waals surface area contributed by atoms with Gasteiger partial charge in [0.15, 0.2) is 0 Å². The molecule has 7 heteroatoms. The van der Waals surface area contributed by atoms with Gasteiger partial charge >= 0.3 is 0 Å². The van der Waals surface area contributed by atoms with Crippen LogP contribution in [0.25, 0.3) is 0 Å². The Kier molecular flexibility index (Phi) is 4.68. The van der Waals surface area contributed by atoms with E-state index in [1.165, 1.54) is 12.4 Å². The molecule has 7 nitrogen and oxygen atoms in total. The molecule has 0 bridgehead atoms. The van der Waals surface area contributed by atoms with E-state index < -0.39 is 0 Å². The number of rotatable bonds is 4. The second kappa shape index (κ2) is 7.06. The molecule has 0 saturated carbocycles. The van der Waals surface area contributed by atoms with Gasteiger partial charge in [0.2, 0.25) is 5.95 Å². The molecule has 1 aliphatic heterocycles. The molecular weight excluding hydrogens is 296 g/mol. The summed E-state index contributed by atoms with van der Waals surface area (Å²) in [6.45, 7) is 2.86. The number of benzene rings is 1. The van der Waals surface area contributed by atoms with E-state index in [0.717, 1.165) is 18.8 Å². The van der Waals surface area contributed by atoms with Crippen molar-refractivity contribution >= 4 is 17.5 Å². The van der Waals surface area contributed by atoms with Crippen LogP contribution in [0, 0.1) is 0 Å². The van der Waals surface area contributed by atoms with Gasteiger partial charge in [0.05, 0.1) is 25.9 Å². The summed E-state index contributed by atoms with van der Waals surface area (Å²) >= 11 is 0. The highest BCUT2D eigenvalue weighted by atomic mass is 16.5. The van der Waals surface area contributed by atoms with Crippen LogP contribution >= 0.6 is 0 Å². The number of hydrogen-bond donors (Lipinski definition) is 1. The van der Waals surface area contributed by atoms with Crippen molar-refractivity contribution in [1.29, 1.82) is 0 Å². The largest absolute Gasteiger partial charge is 0.497 e. The summed E-state index contributed by atoms with van der Waals surface area (Å²) in [5.74, 6) is 1.11. The van der Waals surface area contributed by atoms with Gasteiger partial charge in [-0.25, -0.2) is 9.97 Å². The van der Waals surface area contributed by atoms with E-state index >= 15 is 0 Å². The molecule has 1 saturated heterocycles. The van der Waals surface area contributed by atoms with Crippen molar-refractivity contribution < 1.29 is 14.3 Å². The SMILES string of the molecule is COc1ccc(NC(=O)c2cnc(N3CCOCC3)nc2)cc1. The molecule has 1 amide bonds. The predicted octanol–water partition coefficient (Wildman–Crippen LogP) is 1.57. The highest BCUT2D eigenvalue weighted by molar-refractivity contribution is 6.03. The molecule has 0 aliphatic carbocycles. The molecule has 2 aromatic rings. The Morgan fingerprint density at radius 3 is 2.43 bits per heavy atom. The van der Waals surface area contributed by atoms with Crippen molar-refractivity contribution in [2.45, 2.75) is 0 Å². The molecule has 1 fully saturated rings. The molecule has 0 spiro atoms.